The topological polar surface area (TPSA) is 49.1 Å². The Kier molecular flexibility index (Phi) is 6.47. The van der Waals surface area contributed by atoms with Crippen molar-refractivity contribution < 1.29 is 4.74 Å². The fourth-order valence-electron chi connectivity index (χ4n) is 6.16. The first kappa shape index (κ1) is 24.1. The zero-order chi connectivity index (χ0) is 25.5. The van der Waals surface area contributed by atoms with E-state index in [2.05, 4.69) is 77.0 Å². The highest BCUT2D eigenvalue weighted by Gasteiger charge is 2.30. The van der Waals surface area contributed by atoms with E-state index in [0.717, 1.165) is 91.8 Å². The van der Waals surface area contributed by atoms with Crippen molar-refractivity contribution in [1.82, 2.24) is 19.5 Å². The van der Waals surface area contributed by atoms with Crippen molar-refractivity contribution in [3.05, 3.63) is 53.7 Å². The molecule has 3 aromatic rings. The standard InChI is InChI=1S/C30H40N6O/c1-21-10-11-27-24(17-21)23(3)35-14-6-5-9-26(35)25-18-29-31-28(34-15-12-22(2)20-34)19-30(36(29)32-25)33(4)13-7-8-16-37-27/h10-11,17-19,22,26H,3,5-9,12-16,20H2,1-2,4H3. The molecule has 2 atom stereocenters. The fourth-order valence-corrected chi connectivity index (χ4v) is 6.16. The first-order valence-corrected chi connectivity index (χ1v) is 14.0. The Bertz CT molecular complexity index is 1300. The first-order chi connectivity index (χ1) is 18.0. The van der Waals surface area contributed by atoms with Crippen LogP contribution in [0.5, 0.6) is 5.75 Å². The second-order valence-electron chi connectivity index (χ2n) is 11.3. The van der Waals surface area contributed by atoms with E-state index in [1.54, 1.807) is 0 Å². The Balaban J connectivity index is 1.46. The maximum atomic E-state index is 6.34. The van der Waals surface area contributed by atoms with E-state index in [1.807, 2.05) is 0 Å². The van der Waals surface area contributed by atoms with Crippen LogP contribution >= 0.6 is 0 Å². The molecular formula is C30H40N6O. The van der Waals surface area contributed by atoms with E-state index in [0.29, 0.717) is 12.5 Å². The predicted molar refractivity (Wildman–Crippen MR) is 150 cm³/mol. The van der Waals surface area contributed by atoms with Gasteiger partial charge < -0.3 is 19.4 Å². The number of hydrogen-bond acceptors (Lipinski definition) is 6. The molecule has 0 N–H and O–H groups in total. The van der Waals surface area contributed by atoms with Crippen molar-refractivity contribution in [2.45, 2.75) is 58.4 Å². The molecule has 2 saturated heterocycles. The Hall–Kier alpha value is -3.22. The maximum absolute atomic E-state index is 6.34. The molecule has 0 aliphatic carbocycles. The number of benzene rings is 1. The molecule has 6 rings (SSSR count). The smallest absolute Gasteiger partial charge is 0.160 e. The van der Waals surface area contributed by atoms with Gasteiger partial charge in [-0.1, -0.05) is 25.1 Å². The molecule has 2 bridgehead atoms. The van der Waals surface area contributed by atoms with Crippen LogP contribution in [0.3, 0.4) is 0 Å². The van der Waals surface area contributed by atoms with Crippen molar-refractivity contribution in [3.63, 3.8) is 0 Å². The first-order valence-electron chi connectivity index (χ1n) is 14.0. The summed E-state index contributed by atoms with van der Waals surface area (Å²) in [5.74, 6) is 3.83. The van der Waals surface area contributed by atoms with Crippen molar-refractivity contribution in [2.24, 2.45) is 5.92 Å². The summed E-state index contributed by atoms with van der Waals surface area (Å²) in [4.78, 5) is 12.4. The summed E-state index contributed by atoms with van der Waals surface area (Å²) in [7, 11) is 2.18. The van der Waals surface area contributed by atoms with Crippen LogP contribution in [-0.2, 0) is 0 Å². The average Bonchev–Trinajstić information content (AvgIpc) is 3.53. The van der Waals surface area contributed by atoms with E-state index in [-0.39, 0.29) is 6.04 Å². The van der Waals surface area contributed by atoms with Crippen molar-refractivity contribution in [2.75, 3.05) is 49.6 Å². The Labute approximate surface area is 220 Å². The van der Waals surface area contributed by atoms with E-state index < -0.39 is 0 Å². The quantitative estimate of drug-likeness (QED) is 0.428. The lowest BCUT2D eigenvalue weighted by Crippen LogP contribution is -2.32. The number of piperidine rings is 1. The molecule has 7 nitrogen and oxygen atoms in total. The molecule has 1 aromatic carbocycles. The van der Waals surface area contributed by atoms with Crippen LogP contribution in [0.25, 0.3) is 11.3 Å². The highest BCUT2D eigenvalue weighted by atomic mass is 16.5. The van der Waals surface area contributed by atoms with Gasteiger partial charge in [0.1, 0.15) is 17.4 Å². The van der Waals surface area contributed by atoms with E-state index in [9.17, 15) is 0 Å². The summed E-state index contributed by atoms with van der Waals surface area (Å²) in [5, 5.41) is 5.21. The number of anilines is 2. The van der Waals surface area contributed by atoms with Gasteiger partial charge in [0.2, 0.25) is 0 Å². The minimum atomic E-state index is 0.176. The molecular weight excluding hydrogens is 460 g/mol. The molecule has 0 radical (unpaired) electrons. The molecule has 0 amide bonds. The van der Waals surface area contributed by atoms with Gasteiger partial charge in [0.25, 0.3) is 0 Å². The highest BCUT2D eigenvalue weighted by Crippen LogP contribution is 2.39. The summed E-state index contributed by atoms with van der Waals surface area (Å²) in [6.45, 7) is 13.8. The third-order valence-corrected chi connectivity index (χ3v) is 8.34. The van der Waals surface area contributed by atoms with Gasteiger partial charge in [0.15, 0.2) is 5.65 Å². The molecule has 196 valence electrons. The van der Waals surface area contributed by atoms with Gasteiger partial charge >= 0.3 is 0 Å². The van der Waals surface area contributed by atoms with Gasteiger partial charge in [-0.25, -0.2) is 4.98 Å². The number of aryl methyl sites for hydroxylation is 1. The fraction of sp³-hybridized carbons (Fsp3) is 0.533. The summed E-state index contributed by atoms with van der Waals surface area (Å²) in [6, 6.07) is 11.1. The number of nitrogens with zero attached hydrogens (tertiary/aromatic N) is 6. The summed E-state index contributed by atoms with van der Waals surface area (Å²) in [6.07, 6.45) is 6.67. The molecule has 37 heavy (non-hydrogen) atoms. The van der Waals surface area contributed by atoms with Crippen LogP contribution in [0.1, 0.15) is 68.3 Å². The van der Waals surface area contributed by atoms with Gasteiger partial charge in [-0.15, -0.1) is 0 Å². The lowest BCUT2D eigenvalue weighted by molar-refractivity contribution is 0.225. The maximum Gasteiger partial charge on any atom is 0.160 e. The molecule has 5 heterocycles. The molecule has 3 aliphatic heterocycles. The molecule has 2 fully saturated rings. The summed E-state index contributed by atoms with van der Waals surface area (Å²) < 4.78 is 8.41. The lowest BCUT2D eigenvalue weighted by atomic mass is 9.96. The van der Waals surface area contributed by atoms with Crippen LogP contribution in [0, 0.1) is 12.8 Å². The lowest BCUT2D eigenvalue weighted by Gasteiger charge is -2.38. The Morgan fingerprint density at radius 1 is 1.00 bits per heavy atom. The summed E-state index contributed by atoms with van der Waals surface area (Å²) in [5.41, 5.74) is 5.39. The normalized spacial score (nSPS) is 23.0. The third kappa shape index (κ3) is 4.64. The van der Waals surface area contributed by atoms with Crippen LogP contribution in [-0.4, -0.2) is 59.3 Å². The monoisotopic (exact) mass is 500 g/mol. The van der Waals surface area contributed by atoms with Crippen LogP contribution < -0.4 is 14.5 Å². The highest BCUT2D eigenvalue weighted by molar-refractivity contribution is 5.69. The molecule has 0 spiro atoms. The van der Waals surface area contributed by atoms with E-state index >= 15 is 0 Å². The second kappa shape index (κ2) is 9.92. The largest absolute Gasteiger partial charge is 0.493 e. The van der Waals surface area contributed by atoms with Gasteiger partial charge in [-0.05, 0) is 63.5 Å². The molecule has 2 unspecified atom stereocenters. The van der Waals surface area contributed by atoms with Crippen molar-refractivity contribution in [1.29, 1.82) is 0 Å². The average molecular weight is 501 g/mol. The number of ether oxygens (including phenoxy) is 1. The minimum absolute atomic E-state index is 0.176. The zero-order valence-electron chi connectivity index (χ0n) is 22.6. The van der Waals surface area contributed by atoms with E-state index in [1.165, 1.54) is 18.4 Å². The van der Waals surface area contributed by atoms with Crippen LogP contribution in [0.15, 0.2) is 36.9 Å². The molecule has 0 saturated carbocycles. The minimum Gasteiger partial charge on any atom is -0.493 e. The van der Waals surface area contributed by atoms with Gasteiger partial charge in [-0.3, -0.25) is 0 Å². The molecule has 3 aliphatic rings. The van der Waals surface area contributed by atoms with Crippen molar-refractivity contribution >= 4 is 23.0 Å². The Morgan fingerprint density at radius 2 is 1.86 bits per heavy atom. The van der Waals surface area contributed by atoms with Gasteiger partial charge in [-0.2, -0.15) is 9.61 Å². The van der Waals surface area contributed by atoms with Crippen LogP contribution in [0.2, 0.25) is 0 Å². The van der Waals surface area contributed by atoms with Gasteiger partial charge in [0, 0.05) is 56.6 Å². The van der Waals surface area contributed by atoms with E-state index in [4.69, 9.17) is 14.8 Å². The van der Waals surface area contributed by atoms with Gasteiger partial charge in [0.05, 0.1) is 18.3 Å². The number of rotatable bonds is 1. The molecule has 2 aromatic heterocycles. The zero-order valence-corrected chi connectivity index (χ0v) is 22.6. The number of hydrogen-bond donors (Lipinski definition) is 0. The van der Waals surface area contributed by atoms with Crippen molar-refractivity contribution in [3.8, 4) is 5.75 Å². The second-order valence-corrected chi connectivity index (χ2v) is 11.3. The summed E-state index contributed by atoms with van der Waals surface area (Å²) >= 11 is 0. The number of aromatic nitrogens is 3. The number of fused-ring (bicyclic) bond motifs is 4. The predicted octanol–water partition coefficient (Wildman–Crippen LogP) is 5.69. The SMILES string of the molecule is C=C1c2cc(C)ccc2OCCCCN(C)c2cc(N3CCC(C)C3)nc3cc(nn23)C2CCCCN12. The third-order valence-electron chi connectivity index (χ3n) is 8.34. The molecule has 7 heteroatoms. The Morgan fingerprint density at radius 3 is 2.70 bits per heavy atom. The van der Waals surface area contributed by atoms with Crippen LogP contribution in [0.4, 0.5) is 11.6 Å².